The molecule has 1 aromatic carbocycles. The zero-order valence-electron chi connectivity index (χ0n) is 6.77. The highest BCUT2D eigenvalue weighted by Gasteiger charge is 1.95. The molecule has 3 nitrogen and oxygen atoms in total. The second kappa shape index (κ2) is 2.86. The molecule has 0 unspecified atom stereocenters. The van der Waals surface area contributed by atoms with Gasteiger partial charge in [0, 0.05) is 17.8 Å². The van der Waals surface area contributed by atoms with E-state index in [1.54, 1.807) is 24.5 Å². The van der Waals surface area contributed by atoms with E-state index in [-0.39, 0.29) is 11.2 Å². The molecule has 0 amide bonds. The number of aromatic hydroxyl groups is 1. The summed E-state index contributed by atoms with van der Waals surface area (Å²) < 4.78 is 0. The number of aromatic nitrogens is 1. The first kappa shape index (κ1) is 7.73. The normalized spacial score (nSPS) is 10.2. The fourth-order valence-electron chi connectivity index (χ4n) is 1.15. The van der Waals surface area contributed by atoms with Gasteiger partial charge in [-0.1, -0.05) is 0 Å². The van der Waals surface area contributed by atoms with Crippen LogP contribution in [0.2, 0.25) is 0 Å². The van der Waals surface area contributed by atoms with Crippen LogP contribution >= 0.6 is 0 Å². The fraction of sp³-hybridized carbons (Fsp3) is 0. The Morgan fingerprint density at radius 2 is 2.00 bits per heavy atom. The van der Waals surface area contributed by atoms with E-state index in [0.717, 1.165) is 10.8 Å². The molecule has 0 radical (unpaired) electrons. The number of fused-ring (bicyclic) bond motifs is 1. The molecule has 13 heavy (non-hydrogen) atoms. The zero-order chi connectivity index (χ0) is 9.26. The number of rotatable bonds is 0. The molecule has 1 N–H and O–H groups in total. The smallest absolute Gasteiger partial charge is 0.220 e. The van der Waals surface area contributed by atoms with Gasteiger partial charge in [0.25, 0.3) is 0 Å². The number of hydrogen-bond acceptors (Lipinski definition) is 3. The second-order valence-corrected chi connectivity index (χ2v) is 2.73. The van der Waals surface area contributed by atoms with Crippen LogP contribution in [0.25, 0.3) is 10.8 Å². The molecule has 0 bridgehead atoms. The molecule has 1 heterocycles. The van der Waals surface area contributed by atoms with Gasteiger partial charge in [-0.25, -0.2) is 0 Å². The van der Waals surface area contributed by atoms with E-state index in [1.807, 2.05) is 0 Å². The van der Waals surface area contributed by atoms with Gasteiger partial charge in [0.05, 0.1) is 0 Å². The van der Waals surface area contributed by atoms with E-state index in [1.165, 1.54) is 12.1 Å². The summed E-state index contributed by atoms with van der Waals surface area (Å²) in [6, 6.07) is 6.17. The van der Waals surface area contributed by atoms with Gasteiger partial charge in [0.15, 0.2) is 5.75 Å². The van der Waals surface area contributed by atoms with Crippen molar-refractivity contribution in [3.05, 3.63) is 46.9 Å². The van der Waals surface area contributed by atoms with Crippen molar-refractivity contribution in [1.82, 2.24) is 4.98 Å². The lowest BCUT2D eigenvalue weighted by Crippen LogP contribution is -1.92. The molecule has 0 aliphatic heterocycles. The van der Waals surface area contributed by atoms with E-state index in [0.29, 0.717) is 0 Å². The Morgan fingerprint density at radius 1 is 1.15 bits per heavy atom. The fourth-order valence-corrected chi connectivity index (χ4v) is 1.15. The predicted molar refractivity (Wildman–Crippen MR) is 49.7 cm³/mol. The molecule has 0 atom stereocenters. The number of hydrogen-bond donors (Lipinski definition) is 1. The minimum Gasteiger partial charge on any atom is -0.504 e. The molecule has 3 heteroatoms. The Hall–Kier alpha value is -1.90. The van der Waals surface area contributed by atoms with Crippen LogP contribution in [0.3, 0.4) is 0 Å². The Kier molecular flexibility index (Phi) is 1.70. The summed E-state index contributed by atoms with van der Waals surface area (Å²) in [5, 5.41) is 10.8. The predicted octanol–water partition coefficient (Wildman–Crippen LogP) is 1.30. The van der Waals surface area contributed by atoms with E-state index < -0.39 is 0 Å². The maximum atomic E-state index is 11.2. The average molecular weight is 173 g/mol. The maximum Gasteiger partial charge on any atom is 0.220 e. The Balaban J connectivity index is 2.97. The highest BCUT2D eigenvalue weighted by Crippen LogP contribution is 2.10. The summed E-state index contributed by atoms with van der Waals surface area (Å²) >= 11 is 0. The number of pyridine rings is 1. The van der Waals surface area contributed by atoms with Crippen LogP contribution in [0.5, 0.6) is 5.75 Å². The molecule has 0 aliphatic rings. The molecular formula is C10H7NO2. The average Bonchev–Trinajstić information content (AvgIpc) is 2.28. The minimum atomic E-state index is -0.374. The lowest BCUT2D eigenvalue weighted by atomic mass is 10.2. The maximum absolute atomic E-state index is 11.2. The van der Waals surface area contributed by atoms with Gasteiger partial charge in [-0.05, 0) is 29.7 Å². The van der Waals surface area contributed by atoms with Crippen molar-refractivity contribution >= 4 is 10.8 Å². The first-order valence-electron chi connectivity index (χ1n) is 3.84. The topological polar surface area (TPSA) is 50.2 Å². The first-order valence-corrected chi connectivity index (χ1v) is 3.84. The van der Waals surface area contributed by atoms with E-state index in [9.17, 15) is 4.79 Å². The van der Waals surface area contributed by atoms with E-state index in [4.69, 9.17) is 5.11 Å². The molecular weight excluding hydrogens is 166 g/mol. The summed E-state index contributed by atoms with van der Waals surface area (Å²) in [4.78, 5) is 15.1. The lowest BCUT2D eigenvalue weighted by Gasteiger charge is -1.86. The quantitative estimate of drug-likeness (QED) is 0.653. The highest BCUT2D eigenvalue weighted by atomic mass is 16.3. The van der Waals surface area contributed by atoms with Gasteiger partial charge in [-0.2, -0.15) is 0 Å². The summed E-state index contributed by atoms with van der Waals surface area (Å²) in [5.74, 6) is -0.240. The van der Waals surface area contributed by atoms with Crippen molar-refractivity contribution in [3.8, 4) is 5.75 Å². The van der Waals surface area contributed by atoms with Gasteiger partial charge in [-0.15, -0.1) is 0 Å². The van der Waals surface area contributed by atoms with Gasteiger partial charge < -0.3 is 5.11 Å². The standard InChI is InChI=1S/C10H7NO2/c12-9-2-1-8-6-11-4-3-7(8)5-10(9)13/h1-6H,(H,12,13). The van der Waals surface area contributed by atoms with Gasteiger partial charge in [-0.3, -0.25) is 9.78 Å². The van der Waals surface area contributed by atoms with E-state index >= 15 is 0 Å². The van der Waals surface area contributed by atoms with Crippen molar-refractivity contribution < 1.29 is 5.11 Å². The molecule has 2 aromatic rings. The third kappa shape index (κ3) is 1.36. The summed E-state index contributed by atoms with van der Waals surface area (Å²) in [6.45, 7) is 0. The van der Waals surface area contributed by atoms with E-state index in [2.05, 4.69) is 4.98 Å². The lowest BCUT2D eigenvalue weighted by molar-refractivity contribution is 0.471. The SMILES string of the molecule is O=c1cc2ccncc2ccc1O. The van der Waals surface area contributed by atoms with Crippen LogP contribution in [0.15, 0.2) is 41.5 Å². The van der Waals surface area contributed by atoms with Gasteiger partial charge in [0.1, 0.15) is 0 Å². The number of nitrogens with zero attached hydrogens (tertiary/aromatic N) is 1. The Labute approximate surface area is 74.3 Å². The monoisotopic (exact) mass is 173 g/mol. The van der Waals surface area contributed by atoms with Crippen LogP contribution < -0.4 is 5.43 Å². The van der Waals surface area contributed by atoms with Crippen LogP contribution in [-0.2, 0) is 0 Å². The van der Waals surface area contributed by atoms with Crippen LogP contribution in [-0.4, -0.2) is 10.1 Å². The third-order valence-corrected chi connectivity index (χ3v) is 1.85. The van der Waals surface area contributed by atoms with Crippen LogP contribution in [0, 0.1) is 0 Å². The van der Waals surface area contributed by atoms with Crippen molar-refractivity contribution in [1.29, 1.82) is 0 Å². The molecule has 0 fully saturated rings. The largest absolute Gasteiger partial charge is 0.504 e. The summed E-state index contributed by atoms with van der Waals surface area (Å²) in [7, 11) is 0. The van der Waals surface area contributed by atoms with Crippen molar-refractivity contribution in [2.75, 3.05) is 0 Å². The highest BCUT2D eigenvalue weighted by molar-refractivity contribution is 5.80. The zero-order valence-corrected chi connectivity index (χ0v) is 6.77. The minimum absolute atomic E-state index is 0.240. The molecule has 0 saturated heterocycles. The molecule has 0 spiro atoms. The van der Waals surface area contributed by atoms with Gasteiger partial charge in [0.2, 0.25) is 5.43 Å². The van der Waals surface area contributed by atoms with Crippen molar-refractivity contribution in [2.24, 2.45) is 0 Å². The Bertz CT molecular complexity index is 508. The summed E-state index contributed by atoms with van der Waals surface area (Å²) in [5.41, 5.74) is -0.374. The molecule has 0 saturated carbocycles. The first-order chi connectivity index (χ1) is 6.27. The van der Waals surface area contributed by atoms with Crippen molar-refractivity contribution in [2.45, 2.75) is 0 Å². The summed E-state index contributed by atoms with van der Waals surface area (Å²) in [6.07, 6.45) is 3.26. The van der Waals surface area contributed by atoms with Crippen LogP contribution in [0.4, 0.5) is 0 Å². The third-order valence-electron chi connectivity index (χ3n) is 1.85. The van der Waals surface area contributed by atoms with Crippen LogP contribution in [0.1, 0.15) is 0 Å². The molecule has 64 valence electrons. The Morgan fingerprint density at radius 3 is 2.85 bits per heavy atom. The van der Waals surface area contributed by atoms with Crippen molar-refractivity contribution in [3.63, 3.8) is 0 Å². The molecule has 1 aromatic heterocycles. The molecule has 2 rings (SSSR count). The van der Waals surface area contributed by atoms with Gasteiger partial charge >= 0.3 is 0 Å². The molecule has 0 aliphatic carbocycles. The second-order valence-electron chi connectivity index (χ2n) is 2.73.